The minimum Gasteiger partial charge on any atom is -0.353 e. The number of para-hydroxylation sites is 1. The lowest BCUT2D eigenvalue weighted by Crippen LogP contribution is -2.46. The summed E-state index contributed by atoms with van der Waals surface area (Å²) >= 11 is 0. The summed E-state index contributed by atoms with van der Waals surface area (Å²) in [6, 6.07) is 8.25. The summed E-state index contributed by atoms with van der Waals surface area (Å²) in [5.41, 5.74) is 1.83. The smallest absolute Gasteiger partial charge is 0.226 e. The molecule has 2 N–H and O–H groups in total. The van der Waals surface area contributed by atoms with Crippen LogP contribution in [0.1, 0.15) is 44.2 Å². The Bertz CT molecular complexity index is 711. The summed E-state index contributed by atoms with van der Waals surface area (Å²) < 4.78 is 0. The van der Waals surface area contributed by atoms with Crippen LogP contribution >= 0.6 is 0 Å². The highest BCUT2D eigenvalue weighted by atomic mass is 16.1. The third-order valence-corrected chi connectivity index (χ3v) is 5.82. The molecule has 0 bridgehead atoms. The van der Waals surface area contributed by atoms with Gasteiger partial charge in [-0.15, -0.1) is 0 Å². The van der Waals surface area contributed by atoms with E-state index in [1.807, 2.05) is 24.3 Å². The monoisotopic (exact) mass is 340 g/mol. The molecule has 134 valence electrons. The van der Waals surface area contributed by atoms with Crippen molar-refractivity contribution in [1.82, 2.24) is 20.4 Å². The number of carbonyl (C=O) groups is 1. The Labute approximate surface area is 149 Å². The van der Waals surface area contributed by atoms with Crippen LogP contribution in [0.4, 0.5) is 0 Å². The number of benzene rings is 1. The number of carbonyl (C=O) groups excluding carboxylic acids is 1. The minimum absolute atomic E-state index is 0.101. The summed E-state index contributed by atoms with van der Waals surface area (Å²) in [5.74, 6) is 1.02. The highest BCUT2D eigenvalue weighted by Gasteiger charge is 2.24. The fourth-order valence-electron chi connectivity index (χ4n) is 4.41. The van der Waals surface area contributed by atoms with E-state index < -0.39 is 0 Å². The van der Waals surface area contributed by atoms with Crippen molar-refractivity contribution in [3.05, 3.63) is 30.0 Å². The molecule has 1 saturated heterocycles. The number of piperidine rings is 1. The van der Waals surface area contributed by atoms with Gasteiger partial charge in [-0.2, -0.15) is 5.10 Å². The fourth-order valence-corrected chi connectivity index (χ4v) is 4.41. The number of fused-ring (bicyclic) bond motifs is 1. The minimum atomic E-state index is 0.101. The van der Waals surface area contributed by atoms with E-state index in [0.29, 0.717) is 12.5 Å². The zero-order chi connectivity index (χ0) is 17.1. The standard InChI is InChI=1S/C20H28N4O/c25-20(13-19-17-7-3-4-8-18(17)22-23-19)21-16-9-11-24(12-10-16)14-15-5-1-2-6-15/h3-4,7-8,15-16H,1-2,5-6,9-14H2,(H,21,25)(H,22,23). The van der Waals surface area contributed by atoms with Crippen molar-refractivity contribution in [2.45, 2.75) is 51.0 Å². The van der Waals surface area contributed by atoms with Crippen molar-refractivity contribution in [3.63, 3.8) is 0 Å². The normalized spacial score (nSPS) is 20.3. The second-order valence-electron chi connectivity index (χ2n) is 7.69. The molecule has 1 aliphatic carbocycles. The molecule has 4 rings (SSSR count). The lowest BCUT2D eigenvalue weighted by atomic mass is 10.0. The Morgan fingerprint density at radius 3 is 2.72 bits per heavy atom. The Hall–Kier alpha value is -1.88. The van der Waals surface area contributed by atoms with Gasteiger partial charge in [0.1, 0.15) is 0 Å². The van der Waals surface area contributed by atoms with E-state index in [2.05, 4.69) is 20.4 Å². The highest BCUT2D eigenvalue weighted by Crippen LogP contribution is 2.26. The maximum atomic E-state index is 12.4. The van der Waals surface area contributed by atoms with Crippen molar-refractivity contribution in [2.24, 2.45) is 5.92 Å². The summed E-state index contributed by atoms with van der Waals surface area (Å²) in [7, 11) is 0. The molecular weight excluding hydrogens is 312 g/mol. The lowest BCUT2D eigenvalue weighted by molar-refractivity contribution is -0.121. The van der Waals surface area contributed by atoms with Gasteiger partial charge in [-0.25, -0.2) is 0 Å². The zero-order valence-electron chi connectivity index (χ0n) is 14.8. The average Bonchev–Trinajstić information content (AvgIpc) is 3.27. The second-order valence-corrected chi connectivity index (χ2v) is 7.69. The van der Waals surface area contributed by atoms with E-state index in [1.165, 1.54) is 32.2 Å². The first kappa shape index (κ1) is 16.6. The first-order valence-electron chi connectivity index (χ1n) is 9.71. The van der Waals surface area contributed by atoms with Crippen LogP contribution in [0.3, 0.4) is 0 Å². The van der Waals surface area contributed by atoms with Gasteiger partial charge in [0.2, 0.25) is 5.91 Å². The van der Waals surface area contributed by atoms with Gasteiger partial charge in [-0.05, 0) is 37.7 Å². The van der Waals surface area contributed by atoms with Crippen molar-refractivity contribution in [3.8, 4) is 0 Å². The molecule has 5 nitrogen and oxygen atoms in total. The van der Waals surface area contributed by atoms with E-state index in [0.717, 1.165) is 48.4 Å². The number of nitrogens with one attached hydrogen (secondary N) is 2. The maximum absolute atomic E-state index is 12.4. The topological polar surface area (TPSA) is 61.0 Å². The third-order valence-electron chi connectivity index (χ3n) is 5.82. The number of hydrogen-bond acceptors (Lipinski definition) is 3. The molecule has 25 heavy (non-hydrogen) atoms. The lowest BCUT2D eigenvalue weighted by Gasteiger charge is -2.33. The molecule has 0 radical (unpaired) electrons. The number of amides is 1. The number of H-pyrrole nitrogens is 1. The molecule has 2 fully saturated rings. The van der Waals surface area contributed by atoms with Gasteiger partial charge in [-0.1, -0.05) is 31.0 Å². The largest absolute Gasteiger partial charge is 0.353 e. The Balaban J connectivity index is 1.25. The summed E-state index contributed by atoms with van der Waals surface area (Å²) in [5, 5.41) is 11.5. The number of likely N-dealkylation sites (tertiary alicyclic amines) is 1. The van der Waals surface area contributed by atoms with Crippen LogP contribution in [0, 0.1) is 5.92 Å². The van der Waals surface area contributed by atoms with Gasteiger partial charge >= 0.3 is 0 Å². The molecule has 2 aromatic rings. The first-order valence-corrected chi connectivity index (χ1v) is 9.71. The first-order chi connectivity index (χ1) is 12.3. The Morgan fingerprint density at radius 1 is 1.16 bits per heavy atom. The maximum Gasteiger partial charge on any atom is 0.226 e. The Morgan fingerprint density at radius 2 is 1.92 bits per heavy atom. The molecular formula is C20H28N4O. The van der Waals surface area contributed by atoms with Gasteiger partial charge in [0.15, 0.2) is 0 Å². The molecule has 1 saturated carbocycles. The van der Waals surface area contributed by atoms with E-state index in [9.17, 15) is 4.79 Å². The molecule has 1 aliphatic heterocycles. The van der Waals surface area contributed by atoms with Crippen LogP contribution in [0.15, 0.2) is 24.3 Å². The molecule has 0 atom stereocenters. The molecule has 1 amide bonds. The van der Waals surface area contributed by atoms with E-state index in [4.69, 9.17) is 0 Å². The van der Waals surface area contributed by atoms with Crippen LogP contribution < -0.4 is 5.32 Å². The Kier molecular flexibility index (Phi) is 5.02. The summed E-state index contributed by atoms with van der Waals surface area (Å²) in [6.45, 7) is 3.50. The fraction of sp³-hybridized carbons (Fsp3) is 0.600. The molecule has 0 spiro atoms. The van der Waals surface area contributed by atoms with Crippen molar-refractivity contribution < 1.29 is 4.79 Å². The van der Waals surface area contributed by atoms with Crippen molar-refractivity contribution >= 4 is 16.8 Å². The van der Waals surface area contributed by atoms with Gasteiger partial charge in [0.05, 0.1) is 17.6 Å². The van der Waals surface area contributed by atoms with Gasteiger partial charge in [0.25, 0.3) is 0 Å². The second kappa shape index (κ2) is 7.56. The summed E-state index contributed by atoms with van der Waals surface area (Å²) in [4.78, 5) is 15.0. The third kappa shape index (κ3) is 4.03. The number of nitrogens with zero attached hydrogens (tertiary/aromatic N) is 2. The SMILES string of the molecule is O=C(Cc1[nH]nc2ccccc12)NC1CCN(CC2CCCC2)CC1. The van der Waals surface area contributed by atoms with Gasteiger partial charge in [-0.3, -0.25) is 9.89 Å². The molecule has 2 heterocycles. The molecule has 2 aliphatic rings. The number of hydrogen-bond donors (Lipinski definition) is 2. The number of aromatic amines is 1. The quantitative estimate of drug-likeness (QED) is 0.880. The van der Waals surface area contributed by atoms with Crippen LogP contribution in [0.5, 0.6) is 0 Å². The average molecular weight is 340 g/mol. The predicted octanol–water partition coefficient (Wildman–Crippen LogP) is 2.88. The number of rotatable bonds is 5. The van der Waals surface area contributed by atoms with Crippen LogP contribution in [0.25, 0.3) is 10.9 Å². The highest BCUT2D eigenvalue weighted by molar-refractivity contribution is 5.87. The van der Waals surface area contributed by atoms with E-state index in [1.54, 1.807) is 0 Å². The molecule has 0 unspecified atom stereocenters. The van der Waals surface area contributed by atoms with Crippen LogP contribution in [0.2, 0.25) is 0 Å². The number of aromatic nitrogens is 2. The van der Waals surface area contributed by atoms with Crippen molar-refractivity contribution in [2.75, 3.05) is 19.6 Å². The van der Waals surface area contributed by atoms with Gasteiger partial charge in [0, 0.05) is 31.1 Å². The van der Waals surface area contributed by atoms with Crippen LogP contribution in [-0.2, 0) is 11.2 Å². The van der Waals surface area contributed by atoms with E-state index >= 15 is 0 Å². The molecule has 1 aromatic carbocycles. The molecule has 1 aromatic heterocycles. The zero-order valence-corrected chi connectivity index (χ0v) is 14.8. The van der Waals surface area contributed by atoms with Crippen molar-refractivity contribution in [1.29, 1.82) is 0 Å². The molecule has 5 heteroatoms. The van der Waals surface area contributed by atoms with Gasteiger partial charge < -0.3 is 10.2 Å². The predicted molar refractivity (Wildman–Crippen MR) is 99.4 cm³/mol. The van der Waals surface area contributed by atoms with E-state index in [-0.39, 0.29) is 5.91 Å². The van der Waals surface area contributed by atoms with Crippen LogP contribution in [-0.4, -0.2) is 46.7 Å². The summed E-state index contributed by atoms with van der Waals surface area (Å²) in [6.07, 6.45) is 8.18.